The second-order valence-corrected chi connectivity index (χ2v) is 2.85. The van der Waals surface area contributed by atoms with Crippen LogP contribution in [0, 0.1) is 0 Å². The van der Waals surface area contributed by atoms with E-state index in [4.69, 9.17) is 4.74 Å². The van der Waals surface area contributed by atoms with Gasteiger partial charge in [-0.05, 0) is 18.2 Å². The minimum absolute atomic E-state index is 0.253. The molecule has 1 rings (SSSR count). The molecule has 0 saturated heterocycles. The first kappa shape index (κ1) is 10.2. The Morgan fingerprint density at radius 3 is 3.00 bits per heavy atom. The molecule has 1 N–H and O–H groups in total. The molecule has 0 aliphatic carbocycles. The molecule has 0 radical (unpaired) electrons. The van der Waals surface area contributed by atoms with Crippen LogP contribution < -0.4 is 5.32 Å². The molecule has 0 saturated carbocycles. The van der Waals surface area contributed by atoms with Crippen molar-refractivity contribution in [1.29, 1.82) is 0 Å². The van der Waals surface area contributed by atoms with Crippen LogP contribution in [-0.2, 0) is 4.74 Å². The van der Waals surface area contributed by atoms with Crippen molar-refractivity contribution in [2.45, 2.75) is 13.0 Å². The van der Waals surface area contributed by atoms with Crippen molar-refractivity contribution < 1.29 is 4.74 Å². The van der Waals surface area contributed by atoms with Crippen LogP contribution in [0.15, 0.2) is 24.5 Å². The van der Waals surface area contributed by atoms with Crippen molar-refractivity contribution in [1.82, 2.24) is 10.3 Å². The molecular weight excluding hydrogens is 164 g/mol. The number of aromatic nitrogens is 1. The first-order valence-electron chi connectivity index (χ1n) is 4.50. The highest BCUT2D eigenvalue weighted by atomic mass is 16.5. The summed E-state index contributed by atoms with van der Waals surface area (Å²) in [4.78, 5) is 4.07. The van der Waals surface area contributed by atoms with Crippen LogP contribution in [0.1, 0.15) is 18.5 Å². The molecule has 3 heteroatoms. The molecule has 1 aromatic rings. The van der Waals surface area contributed by atoms with E-state index in [1.54, 1.807) is 13.3 Å². The fourth-order valence-corrected chi connectivity index (χ4v) is 1.27. The average molecular weight is 180 g/mol. The Bertz CT molecular complexity index is 220. The van der Waals surface area contributed by atoms with Gasteiger partial charge >= 0.3 is 0 Å². The number of nitrogens with one attached hydrogen (secondary N) is 1. The topological polar surface area (TPSA) is 34.1 Å². The summed E-state index contributed by atoms with van der Waals surface area (Å²) >= 11 is 0. The molecule has 13 heavy (non-hydrogen) atoms. The quantitative estimate of drug-likeness (QED) is 0.743. The van der Waals surface area contributed by atoms with E-state index in [0.717, 1.165) is 6.54 Å². The Morgan fingerprint density at radius 2 is 2.46 bits per heavy atom. The summed E-state index contributed by atoms with van der Waals surface area (Å²) in [6.07, 6.45) is 3.64. The minimum atomic E-state index is 0.253. The smallest absolute Gasteiger partial charge is 0.0658 e. The van der Waals surface area contributed by atoms with Gasteiger partial charge in [0.2, 0.25) is 0 Å². The van der Waals surface area contributed by atoms with Crippen LogP contribution in [-0.4, -0.2) is 25.2 Å². The monoisotopic (exact) mass is 180 g/mol. The molecule has 0 amide bonds. The van der Waals surface area contributed by atoms with E-state index in [0.29, 0.717) is 6.61 Å². The fraction of sp³-hybridized carbons (Fsp3) is 0.500. The lowest BCUT2D eigenvalue weighted by Crippen LogP contribution is -2.24. The lowest BCUT2D eigenvalue weighted by atomic mass is 10.1. The third-order valence-electron chi connectivity index (χ3n) is 1.87. The van der Waals surface area contributed by atoms with Gasteiger partial charge < -0.3 is 10.1 Å². The molecule has 0 aromatic carbocycles. The maximum atomic E-state index is 5.12. The van der Waals surface area contributed by atoms with Crippen molar-refractivity contribution >= 4 is 0 Å². The summed E-state index contributed by atoms with van der Waals surface area (Å²) in [5.74, 6) is 0. The number of hydrogen-bond donors (Lipinski definition) is 1. The molecule has 1 aromatic heterocycles. The van der Waals surface area contributed by atoms with Crippen molar-refractivity contribution in [2.24, 2.45) is 0 Å². The molecule has 1 atom stereocenters. The normalized spacial score (nSPS) is 12.8. The molecular formula is C10H16N2O. The predicted molar refractivity (Wildman–Crippen MR) is 52.5 cm³/mol. The first-order chi connectivity index (χ1) is 6.38. The molecule has 1 unspecified atom stereocenters. The van der Waals surface area contributed by atoms with E-state index in [9.17, 15) is 0 Å². The zero-order valence-electron chi connectivity index (χ0n) is 8.16. The molecule has 0 fully saturated rings. The fourth-order valence-electron chi connectivity index (χ4n) is 1.27. The Kier molecular flexibility index (Phi) is 4.43. The van der Waals surface area contributed by atoms with Crippen LogP contribution in [0.5, 0.6) is 0 Å². The van der Waals surface area contributed by atoms with Crippen molar-refractivity contribution in [2.75, 3.05) is 20.3 Å². The maximum Gasteiger partial charge on any atom is 0.0658 e. The molecule has 0 bridgehead atoms. The molecule has 0 spiro atoms. The van der Waals surface area contributed by atoms with Gasteiger partial charge in [-0.3, -0.25) is 4.98 Å². The van der Waals surface area contributed by atoms with E-state index in [1.165, 1.54) is 5.56 Å². The van der Waals surface area contributed by atoms with Crippen LogP contribution in [0.2, 0.25) is 0 Å². The van der Waals surface area contributed by atoms with Crippen LogP contribution in [0.3, 0.4) is 0 Å². The Balaban J connectivity index is 2.64. The Labute approximate surface area is 79.1 Å². The summed E-state index contributed by atoms with van der Waals surface area (Å²) in [7, 11) is 1.71. The van der Waals surface area contributed by atoms with Crippen LogP contribution in [0.25, 0.3) is 0 Å². The highest BCUT2D eigenvalue weighted by molar-refractivity contribution is 5.13. The summed E-state index contributed by atoms with van der Waals surface area (Å²) in [5.41, 5.74) is 1.17. The van der Waals surface area contributed by atoms with Crippen LogP contribution >= 0.6 is 0 Å². The zero-order chi connectivity index (χ0) is 9.52. The van der Waals surface area contributed by atoms with Gasteiger partial charge in [0.1, 0.15) is 0 Å². The summed E-state index contributed by atoms with van der Waals surface area (Å²) in [6.45, 7) is 3.70. The second kappa shape index (κ2) is 5.67. The van der Waals surface area contributed by atoms with Gasteiger partial charge in [0.15, 0.2) is 0 Å². The zero-order valence-corrected chi connectivity index (χ0v) is 8.16. The van der Waals surface area contributed by atoms with Gasteiger partial charge in [0, 0.05) is 19.5 Å². The highest BCUT2D eigenvalue weighted by Crippen LogP contribution is 2.10. The summed E-state index contributed by atoms with van der Waals surface area (Å²) in [6, 6.07) is 4.25. The lowest BCUT2D eigenvalue weighted by Gasteiger charge is -2.16. The second-order valence-electron chi connectivity index (χ2n) is 2.85. The third-order valence-corrected chi connectivity index (χ3v) is 1.87. The third kappa shape index (κ3) is 3.13. The molecule has 1 heterocycles. The van der Waals surface area contributed by atoms with Gasteiger partial charge in [0.25, 0.3) is 0 Å². The van der Waals surface area contributed by atoms with Gasteiger partial charge in [-0.25, -0.2) is 0 Å². The highest BCUT2D eigenvalue weighted by Gasteiger charge is 2.08. The maximum absolute atomic E-state index is 5.12. The van der Waals surface area contributed by atoms with Crippen molar-refractivity contribution in [3.63, 3.8) is 0 Å². The number of ether oxygens (including phenoxy) is 1. The number of rotatable bonds is 5. The van der Waals surface area contributed by atoms with Crippen molar-refractivity contribution in [3.8, 4) is 0 Å². The van der Waals surface area contributed by atoms with E-state index in [-0.39, 0.29) is 6.04 Å². The van der Waals surface area contributed by atoms with E-state index in [2.05, 4.69) is 23.3 Å². The SMILES string of the molecule is CCNC(COC)c1cccnc1. The molecule has 72 valence electrons. The number of hydrogen-bond acceptors (Lipinski definition) is 3. The standard InChI is InChI=1S/C10H16N2O/c1-3-12-10(8-13-2)9-5-4-6-11-7-9/h4-7,10,12H,3,8H2,1-2H3. The number of nitrogens with zero attached hydrogens (tertiary/aromatic N) is 1. The van der Waals surface area contributed by atoms with E-state index in [1.807, 2.05) is 12.3 Å². The number of methoxy groups -OCH3 is 1. The first-order valence-corrected chi connectivity index (χ1v) is 4.50. The van der Waals surface area contributed by atoms with Gasteiger partial charge in [-0.1, -0.05) is 13.0 Å². The van der Waals surface area contributed by atoms with Gasteiger partial charge in [0.05, 0.1) is 12.6 Å². The van der Waals surface area contributed by atoms with E-state index < -0.39 is 0 Å². The largest absolute Gasteiger partial charge is 0.383 e. The lowest BCUT2D eigenvalue weighted by molar-refractivity contribution is 0.167. The number of pyridine rings is 1. The minimum Gasteiger partial charge on any atom is -0.383 e. The Morgan fingerprint density at radius 1 is 1.62 bits per heavy atom. The van der Waals surface area contributed by atoms with Gasteiger partial charge in [-0.15, -0.1) is 0 Å². The van der Waals surface area contributed by atoms with Gasteiger partial charge in [-0.2, -0.15) is 0 Å². The summed E-state index contributed by atoms with van der Waals surface area (Å²) < 4.78 is 5.12. The van der Waals surface area contributed by atoms with Crippen LogP contribution in [0.4, 0.5) is 0 Å². The molecule has 0 aliphatic heterocycles. The predicted octanol–water partition coefficient (Wildman–Crippen LogP) is 1.38. The summed E-state index contributed by atoms with van der Waals surface area (Å²) in [5, 5.41) is 3.33. The average Bonchev–Trinajstić information content (AvgIpc) is 2.19. The Hall–Kier alpha value is -0.930. The number of likely N-dealkylation sites (N-methyl/N-ethyl adjacent to an activating group) is 1. The molecule has 0 aliphatic rings. The van der Waals surface area contributed by atoms with Crippen molar-refractivity contribution in [3.05, 3.63) is 30.1 Å². The van der Waals surface area contributed by atoms with E-state index >= 15 is 0 Å². The molecule has 3 nitrogen and oxygen atoms in total.